The molecule has 0 bridgehead atoms. The van der Waals surface area contributed by atoms with E-state index in [4.69, 9.17) is 0 Å². The van der Waals surface area contributed by atoms with E-state index in [1.54, 1.807) is 0 Å². The van der Waals surface area contributed by atoms with E-state index in [0.717, 1.165) is 17.6 Å². The first-order valence-corrected chi connectivity index (χ1v) is 8.04. The minimum atomic E-state index is 0.843. The summed E-state index contributed by atoms with van der Waals surface area (Å²) < 4.78 is 3.07. The van der Waals surface area contributed by atoms with E-state index >= 15 is 0 Å². The van der Waals surface area contributed by atoms with Gasteiger partial charge in [-0.25, -0.2) is 4.57 Å². The van der Waals surface area contributed by atoms with Crippen molar-refractivity contribution in [3.63, 3.8) is 0 Å². The van der Waals surface area contributed by atoms with Gasteiger partial charge in [-0.1, -0.05) is 60.7 Å². The summed E-state index contributed by atoms with van der Waals surface area (Å²) in [6.07, 6.45) is 4.35. The summed E-state index contributed by atoms with van der Waals surface area (Å²) in [5.74, 6) is 0. The first-order chi connectivity index (χ1) is 11.1. The van der Waals surface area contributed by atoms with Crippen LogP contribution in [0.4, 0.5) is 5.69 Å². The molecule has 1 aromatic heterocycles. The number of benzene rings is 2. The van der Waals surface area contributed by atoms with Gasteiger partial charge in [0.25, 0.3) is 0 Å². The van der Waals surface area contributed by atoms with Gasteiger partial charge in [-0.3, -0.25) is 4.48 Å². The molecule has 0 N–H and O–H groups in total. The minimum Gasteiger partial charge on any atom is -0.292 e. The second-order valence-corrected chi connectivity index (χ2v) is 6.54. The molecule has 0 aliphatic rings. The lowest BCUT2D eigenvalue weighted by molar-refractivity contribution is -0.688. The number of hydrogen-bond donors (Lipinski definition) is 0. The van der Waals surface area contributed by atoms with Crippen LogP contribution in [0.2, 0.25) is 0 Å². The van der Waals surface area contributed by atoms with Crippen molar-refractivity contribution in [2.75, 3.05) is 14.1 Å². The number of hydrogen-bond acceptors (Lipinski definition) is 0. The Labute approximate surface area is 138 Å². The average molecular weight is 304 g/mol. The van der Waals surface area contributed by atoms with Crippen LogP contribution >= 0.6 is 0 Å². The molecule has 0 saturated carbocycles. The molecule has 0 aliphatic carbocycles. The fourth-order valence-electron chi connectivity index (χ4n) is 2.88. The summed E-state index contributed by atoms with van der Waals surface area (Å²) in [7, 11) is 4.51. The third-order valence-corrected chi connectivity index (χ3v) is 4.20. The van der Waals surface area contributed by atoms with Crippen molar-refractivity contribution in [2.45, 2.75) is 13.1 Å². The summed E-state index contributed by atoms with van der Waals surface area (Å²) >= 11 is 0. The molecule has 0 unspecified atom stereocenters. The Morgan fingerprint density at radius 3 is 1.78 bits per heavy atom. The monoisotopic (exact) mass is 304 g/mol. The highest BCUT2D eigenvalue weighted by molar-refractivity contribution is 5.39. The average Bonchev–Trinajstić information content (AvgIpc) is 2.57. The normalized spacial score (nSPS) is 11.4. The number of quaternary nitrogens is 1. The molecule has 0 radical (unpaired) electrons. The van der Waals surface area contributed by atoms with Crippen molar-refractivity contribution in [1.82, 2.24) is 4.48 Å². The summed E-state index contributed by atoms with van der Waals surface area (Å²) in [6, 6.07) is 25.7. The standard InChI is InChI=1S/C21H24N2/c1-23(2,18-20-11-7-4-8-12-20)21-13-15-22(16-14-21)17-19-9-5-3-6-10-19/h3-16H,17-18H2,1-2H3/q+2. The van der Waals surface area contributed by atoms with Crippen LogP contribution in [0.15, 0.2) is 85.2 Å². The molecule has 0 aliphatic heterocycles. The molecular weight excluding hydrogens is 280 g/mol. The number of rotatable bonds is 5. The molecule has 0 atom stereocenters. The minimum absolute atomic E-state index is 0.843. The van der Waals surface area contributed by atoms with Gasteiger partial charge in [0.05, 0.1) is 26.2 Å². The number of nitrogens with zero attached hydrogens (tertiary/aromatic N) is 2. The highest BCUT2D eigenvalue weighted by Gasteiger charge is 2.20. The summed E-state index contributed by atoms with van der Waals surface area (Å²) in [6.45, 7) is 1.90. The Balaban J connectivity index is 1.73. The van der Waals surface area contributed by atoms with Gasteiger partial charge in [-0.2, -0.15) is 0 Å². The van der Waals surface area contributed by atoms with Crippen molar-refractivity contribution in [1.29, 1.82) is 0 Å². The highest BCUT2D eigenvalue weighted by Crippen LogP contribution is 2.20. The zero-order valence-corrected chi connectivity index (χ0v) is 13.9. The smallest absolute Gasteiger partial charge is 0.175 e. The topological polar surface area (TPSA) is 3.88 Å². The Morgan fingerprint density at radius 2 is 1.22 bits per heavy atom. The van der Waals surface area contributed by atoms with Crippen LogP contribution in [-0.2, 0) is 13.1 Å². The predicted octanol–water partition coefficient (Wildman–Crippen LogP) is 3.79. The first-order valence-electron chi connectivity index (χ1n) is 8.04. The van der Waals surface area contributed by atoms with Crippen molar-refractivity contribution < 1.29 is 4.57 Å². The van der Waals surface area contributed by atoms with E-state index in [0.29, 0.717) is 0 Å². The van der Waals surface area contributed by atoms with Gasteiger partial charge in [0.15, 0.2) is 18.9 Å². The lowest BCUT2D eigenvalue weighted by atomic mass is 10.2. The van der Waals surface area contributed by atoms with Crippen LogP contribution in [0.1, 0.15) is 11.1 Å². The van der Waals surface area contributed by atoms with Gasteiger partial charge in [-0.05, 0) is 0 Å². The van der Waals surface area contributed by atoms with Crippen LogP contribution < -0.4 is 9.05 Å². The predicted molar refractivity (Wildman–Crippen MR) is 96.0 cm³/mol. The Morgan fingerprint density at radius 1 is 0.696 bits per heavy atom. The molecule has 0 spiro atoms. The molecule has 3 rings (SSSR count). The Bertz CT molecular complexity index is 732. The molecule has 116 valence electrons. The molecular formula is C21H24N2+2. The second kappa shape index (κ2) is 6.76. The highest BCUT2D eigenvalue weighted by atomic mass is 15.3. The molecule has 2 heteroatoms. The van der Waals surface area contributed by atoms with E-state index < -0.39 is 0 Å². The fraction of sp³-hybridized carbons (Fsp3) is 0.190. The molecule has 3 aromatic rings. The van der Waals surface area contributed by atoms with Gasteiger partial charge in [0.1, 0.15) is 12.2 Å². The van der Waals surface area contributed by atoms with E-state index in [2.05, 4.69) is 104 Å². The summed E-state index contributed by atoms with van der Waals surface area (Å²) in [4.78, 5) is 0. The SMILES string of the molecule is C[N+](C)(Cc1ccccc1)c1cc[n+](Cc2ccccc2)cc1. The summed E-state index contributed by atoms with van der Waals surface area (Å²) in [5, 5.41) is 0. The maximum atomic E-state index is 2.25. The van der Waals surface area contributed by atoms with Crippen molar-refractivity contribution >= 4 is 5.69 Å². The van der Waals surface area contributed by atoms with E-state index in [1.807, 2.05) is 0 Å². The largest absolute Gasteiger partial charge is 0.292 e. The Kier molecular flexibility index (Phi) is 4.54. The van der Waals surface area contributed by atoms with Gasteiger partial charge < -0.3 is 0 Å². The van der Waals surface area contributed by atoms with Crippen molar-refractivity contribution in [3.05, 3.63) is 96.3 Å². The van der Waals surface area contributed by atoms with Crippen molar-refractivity contribution in [3.8, 4) is 0 Å². The molecule has 2 nitrogen and oxygen atoms in total. The fourth-order valence-corrected chi connectivity index (χ4v) is 2.88. The van der Waals surface area contributed by atoms with Crippen LogP contribution in [0, 0.1) is 0 Å². The molecule has 0 amide bonds. The number of pyridine rings is 1. The maximum Gasteiger partial charge on any atom is 0.175 e. The Hall–Kier alpha value is -2.45. The molecule has 23 heavy (non-hydrogen) atoms. The van der Waals surface area contributed by atoms with Crippen LogP contribution in [-0.4, -0.2) is 14.1 Å². The van der Waals surface area contributed by atoms with Gasteiger partial charge in [0, 0.05) is 11.1 Å². The van der Waals surface area contributed by atoms with E-state index in [1.165, 1.54) is 16.8 Å². The first kappa shape index (κ1) is 15.4. The zero-order valence-electron chi connectivity index (χ0n) is 13.9. The van der Waals surface area contributed by atoms with Gasteiger partial charge >= 0.3 is 0 Å². The lowest BCUT2D eigenvalue weighted by Crippen LogP contribution is -2.41. The lowest BCUT2D eigenvalue weighted by Gasteiger charge is -2.28. The maximum absolute atomic E-state index is 2.25. The zero-order chi connectivity index (χ0) is 16.1. The molecule has 2 aromatic carbocycles. The van der Waals surface area contributed by atoms with Crippen LogP contribution in [0.25, 0.3) is 0 Å². The van der Waals surface area contributed by atoms with Gasteiger partial charge in [0.2, 0.25) is 0 Å². The van der Waals surface area contributed by atoms with Gasteiger partial charge in [-0.15, -0.1) is 0 Å². The third-order valence-electron chi connectivity index (χ3n) is 4.20. The van der Waals surface area contributed by atoms with Crippen molar-refractivity contribution in [2.24, 2.45) is 0 Å². The van der Waals surface area contributed by atoms with Crippen LogP contribution in [0.5, 0.6) is 0 Å². The molecule has 0 fully saturated rings. The second-order valence-electron chi connectivity index (χ2n) is 6.54. The molecule has 1 heterocycles. The van der Waals surface area contributed by atoms with E-state index in [-0.39, 0.29) is 0 Å². The number of aromatic nitrogens is 1. The van der Waals surface area contributed by atoms with E-state index in [9.17, 15) is 0 Å². The van der Waals surface area contributed by atoms with Crippen LogP contribution in [0.3, 0.4) is 0 Å². The quantitative estimate of drug-likeness (QED) is 0.499. The third kappa shape index (κ3) is 4.05. The molecule has 0 saturated heterocycles. The summed E-state index contributed by atoms with van der Waals surface area (Å²) in [5.41, 5.74) is 4.00.